The Morgan fingerprint density at radius 2 is 1.71 bits per heavy atom. The van der Waals surface area contributed by atoms with Gasteiger partial charge in [-0.15, -0.1) is 0 Å². The number of esters is 1. The molecule has 0 aromatic heterocycles. The molecule has 1 saturated heterocycles. The summed E-state index contributed by atoms with van der Waals surface area (Å²) in [5.41, 5.74) is -0.533. The average molecular weight is 497 g/mol. The van der Waals surface area contributed by atoms with Crippen LogP contribution in [-0.4, -0.2) is 53.8 Å². The number of carbonyl (C=O) groups excluding carboxylic acids is 3. The zero-order valence-corrected chi connectivity index (χ0v) is 21.9. The van der Waals surface area contributed by atoms with Crippen molar-refractivity contribution in [3.63, 3.8) is 0 Å². The van der Waals surface area contributed by atoms with Gasteiger partial charge in [0, 0.05) is 34.8 Å². The van der Waals surface area contributed by atoms with E-state index in [0.717, 1.165) is 0 Å². The maximum Gasteiger partial charge on any atom is 0.410 e. The van der Waals surface area contributed by atoms with Gasteiger partial charge in [-0.05, 0) is 51.7 Å². The van der Waals surface area contributed by atoms with Crippen LogP contribution in [0.2, 0.25) is 5.02 Å². The monoisotopic (exact) mass is 496 g/mol. The molecule has 1 fully saturated rings. The summed E-state index contributed by atoms with van der Waals surface area (Å²) in [6.07, 6.45) is -0.648. The zero-order chi connectivity index (χ0) is 25.8. The molecule has 0 radical (unpaired) electrons. The number of ether oxygens (including phenoxy) is 2. The molecule has 2 unspecified atom stereocenters. The molecule has 0 aliphatic carbocycles. The Labute approximate surface area is 206 Å². The summed E-state index contributed by atoms with van der Waals surface area (Å²) < 4.78 is 10.5. The molecule has 8 nitrogen and oxygen atoms in total. The fourth-order valence-corrected chi connectivity index (χ4v) is 4.05. The van der Waals surface area contributed by atoms with Crippen molar-refractivity contribution in [2.45, 2.75) is 66.1 Å². The van der Waals surface area contributed by atoms with E-state index in [-0.39, 0.29) is 11.8 Å². The Morgan fingerprint density at radius 1 is 1.12 bits per heavy atom. The second-order valence-corrected chi connectivity index (χ2v) is 11.2. The highest BCUT2D eigenvalue weighted by atomic mass is 35.5. The third-order valence-electron chi connectivity index (χ3n) is 5.78. The van der Waals surface area contributed by atoms with E-state index < -0.39 is 35.1 Å². The first-order valence-electron chi connectivity index (χ1n) is 11.5. The molecule has 0 saturated carbocycles. The largest absolute Gasteiger partial charge is 0.469 e. The highest BCUT2D eigenvalue weighted by molar-refractivity contribution is 6.31. The number of benzene rings is 1. The summed E-state index contributed by atoms with van der Waals surface area (Å²) in [4.78, 5) is 39.4. The smallest absolute Gasteiger partial charge is 0.410 e. The first-order chi connectivity index (χ1) is 15.6. The van der Waals surface area contributed by atoms with Crippen LogP contribution in [0.3, 0.4) is 0 Å². The van der Waals surface area contributed by atoms with Crippen LogP contribution in [0.4, 0.5) is 10.5 Å². The van der Waals surface area contributed by atoms with Crippen molar-refractivity contribution in [2.75, 3.05) is 25.5 Å². The van der Waals surface area contributed by atoms with E-state index in [1.54, 1.807) is 43.9 Å². The number of hydrogen-bond acceptors (Lipinski definition) is 6. The molecule has 2 rings (SSSR count). The minimum Gasteiger partial charge on any atom is -0.469 e. The molecule has 0 spiro atoms. The van der Waals surface area contributed by atoms with E-state index in [4.69, 9.17) is 21.1 Å². The molecule has 190 valence electrons. The molecular weight excluding hydrogens is 460 g/mol. The lowest BCUT2D eigenvalue weighted by molar-refractivity contribution is -0.153. The Balaban J connectivity index is 2.26. The number of anilines is 1. The van der Waals surface area contributed by atoms with Crippen LogP contribution in [0, 0.1) is 17.3 Å². The average Bonchev–Trinajstić information content (AvgIpc) is 2.72. The number of nitrogens with one attached hydrogen (secondary N) is 1. The predicted octanol–water partition coefficient (Wildman–Crippen LogP) is 4.79. The summed E-state index contributed by atoms with van der Waals surface area (Å²) in [6.45, 7) is 11.6. The maximum absolute atomic E-state index is 12.8. The third kappa shape index (κ3) is 7.34. The molecule has 34 heavy (non-hydrogen) atoms. The fraction of sp³-hybridized carbons (Fsp3) is 0.640. The Bertz CT molecular complexity index is 898. The predicted molar refractivity (Wildman–Crippen MR) is 131 cm³/mol. The van der Waals surface area contributed by atoms with Crippen LogP contribution < -0.4 is 5.32 Å². The quantitative estimate of drug-likeness (QED) is 0.567. The van der Waals surface area contributed by atoms with Gasteiger partial charge in [0.2, 0.25) is 5.91 Å². The van der Waals surface area contributed by atoms with Crippen molar-refractivity contribution < 1.29 is 29.0 Å². The van der Waals surface area contributed by atoms with Gasteiger partial charge in [-0.2, -0.15) is 0 Å². The van der Waals surface area contributed by atoms with Gasteiger partial charge < -0.3 is 24.8 Å². The molecule has 2 amide bonds. The van der Waals surface area contributed by atoms with Crippen LogP contribution >= 0.6 is 11.6 Å². The van der Waals surface area contributed by atoms with E-state index in [1.165, 1.54) is 7.11 Å². The maximum atomic E-state index is 12.8. The van der Waals surface area contributed by atoms with Gasteiger partial charge in [0.25, 0.3) is 0 Å². The molecule has 1 aliphatic rings. The highest BCUT2D eigenvalue weighted by Crippen LogP contribution is 2.39. The number of nitrogens with zero attached hydrogens (tertiary/aromatic N) is 1. The number of hydrogen-bond donors (Lipinski definition) is 2. The van der Waals surface area contributed by atoms with Crippen molar-refractivity contribution in [1.29, 1.82) is 0 Å². The van der Waals surface area contributed by atoms with Crippen molar-refractivity contribution in [3.8, 4) is 0 Å². The van der Waals surface area contributed by atoms with E-state index in [1.807, 2.05) is 20.8 Å². The minimum absolute atomic E-state index is 0.233. The van der Waals surface area contributed by atoms with Crippen molar-refractivity contribution in [2.24, 2.45) is 17.3 Å². The molecule has 2 atom stereocenters. The van der Waals surface area contributed by atoms with E-state index in [9.17, 15) is 19.5 Å². The zero-order valence-electron chi connectivity index (χ0n) is 21.1. The van der Waals surface area contributed by atoms with Crippen LogP contribution in [-0.2, 0) is 19.1 Å². The Hall–Kier alpha value is -2.32. The Kier molecular flexibility index (Phi) is 8.99. The Morgan fingerprint density at radius 3 is 2.21 bits per heavy atom. The van der Waals surface area contributed by atoms with Gasteiger partial charge in [-0.3, -0.25) is 9.59 Å². The van der Waals surface area contributed by atoms with Crippen LogP contribution in [0.5, 0.6) is 0 Å². The summed E-state index contributed by atoms with van der Waals surface area (Å²) in [6, 6.07) is 4.77. The number of aliphatic hydroxyl groups is 1. The molecule has 1 aliphatic heterocycles. The number of amides is 2. The van der Waals surface area contributed by atoms with Gasteiger partial charge in [0.1, 0.15) is 5.60 Å². The topological polar surface area (TPSA) is 105 Å². The summed E-state index contributed by atoms with van der Waals surface area (Å²) in [7, 11) is 1.28. The highest BCUT2D eigenvalue weighted by Gasteiger charge is 2.40. The molecule has 9 heteroatoms. The second-order valence-electron chi connectivity index (χ2n) is 10.7. The molecule has 1 heterocycles. The van der Waals surface area contributed by atoms with E-state index in [2.05, 4.69) is 5.32 Å². The van der Waals surface area contributed by atoms with E-state index in [0.29, 0.717) is 42.2 Å². The molecule has 1 aromatic carbocycles. The number of methoxy groups -OCH3 is 1. The molecular formula is C25H37ClN2O6. The summed E-state index contributed by atoms with van der Waals surface area (Å²) in [5, 5.41) is 14.6. The van der Waals surface area contributed by atoms with Crippen molar-refractivity contribution in [3.05, 3.63) is 28.8 Å². The van der Waals surface area contributed by atoms with Gasteiger partial charge in [0.05, 0.1) is 19.1 Å². The van der Waals surface area contributed by atoms with Crippen LogP contribution in [0.25, 0.3) is 0 Å². The van der Waals surface area contributed by atoms with Gasteiger partial charge in [-0.1, -0.05) is 38.4 Å². The number of carbonyl (C=O) groups is 3. The lowest BCUT2D eigenvalue weighted by Crippen LogP contribution is -2.44. The first-order valence-corrected chi connectivity index (χ1v) is 11.9. The standard InChI is InChI=1S/C25H37ClN2O6/c1-24(2,3)22(31)27-18-14-16(26)8-9-17(18)20(29)19(21(30)33-7)15-10-12-28(13-11-15)23(32)34-25(4,5)6/h8-9,14-15,19-20,29H,10-13H2,1-7H3,(H,27,31). The lowest BCUT2D eigenvalue weighted by Gasteiger charge is -2.37. The van der Waals surface area contributed by atoms with Crippen LogP contribution in [0.15, 0.2) is 18.2 Å². The van der Waals surface area contributed by atoms with Gasteiger partial charge in [-0.25, -0.2) is 4.79 Å². The fourth-order valence-electron chi connectivity index (χ4n) is 3.88. The SMILES string of the molecule is COC(=O)C(C1CCN(C(=O)OC(C)(C)C)CC1)C(O)c1ccc(Cl)cc1NC(=O)C(C)(C)C. The minimum atomic E-state index is -1.24. The second kappa shape index (κ2) is 11.0. The number of aliphatic hydroxyl groups excluding tert-OH is 1. The van der Waals surface area contributed by atoms with E-state index >= 15 is 0 Å². The van der Waals surface area contributed by atoms with Gasteiger partial charge >= 0.3 is 12.1 Å². The lowest BCUT2D eigenvalue weighted by atomic mass is 9.78. The summed E-state index contributed by atoms with van der Waals surface area (Å²) >= 11 is 6.15. The third-order valence-corrected chi connectivity index (χ3v) is 6.01. The number of likely N-dealkylation sites (tertiary alicyclic amines) is 1. The van der Waals surface area contributed by atoms with Crippen LogP contribution in [0.1, 0.15) is 66.1 Å². The van der Waals surface area contributed by atoms with Crippen molar-refractivity contribution >= 4 is 35.3 Å². The number of piperidine rings is 1. The normalized spacial score (nSPS) is 17.0. The molecule has 2 N–H and O–H groups in total. The first kappa shape index (κ1) is 27.9. The number of halogens is 1. The molecule has 0 bridgehead atoms. The molecule has 1 aromatic rings. The van der Waals surface area contributed by atoms with Gasteiger partial charge in [0.15, 0.2) is 0 Å². The van der Waals surface area contributed by atoms with Crippen molar-refractivity contribution in [1.82, 2.24) is 4.90 Å². The number of rotatable bonds is 5. The summed E-state index contributed by atoms with van der Waals surface area (Å²) in [5.74, 6) is -1.91.